The Balaban J connectivity index is 1.99. The van der Waals surface area contributed by atoms with Crippen molar-refractivity contribution < 1.29 is 5.11 Å². The van der Waals surface area contributed by atoms with Gasteiger partial charge in [0.05, 0.1) is 17.3 Å². The van der Waals surface area contributed by atoms with Gasteiger partial charge >= 0.3 is 0 Å². The maximum atomic E-state index is 9.08. The molecule has 128 valence electrons. The highest BCUT2D eigenvalue weighted by Gasteiger charge is 2.06. The maximum Gasteiger partial charge on any atom is 0.175 e. The molecule has 0 aromatic heterocycles. The van der Waals surface area contributed by atoms with Gasteiger partial charge in [-0.15, -0.1) is 0 Å². The van der Waals surface area contributed by atoms with E-state index in [-0.39, 0.29) is 6.61 Å². The van der Waals surface area contributed by atoms with Crippen LogP contribution in [-0.2, 0) is 0 Å². The fraction of sp³-hybridized carbons (Fsp3) is 0.235. The Morgan fingerprint density at radius 1 is 1.12 bits per heavy atom. The van der Waals surface area contributed by atoms with E-state index in [4.69, 9.17) is 40.5 Å². The van der Waals surface area contributed by atoms with Crippen molar-refractivity contribution in [3.63, 3.8) is 0 Å². The molecule has 4 nitrogen and oxygen atoms in total. The van der Waals surface area contributed by atoms with Crippen molar-refractivity contribution in [2.75, 3.05) is 35.2 Å². The lowest BCUT2D eigenvalue weighted by atomic mass is 10.2. The number of hydrogen-bond donors (Lipinski definition) is 3. The van der Waals surface area contributed by atoms with E-state index in [1.807, 2.05) is 24.3 Å². The molecule has 0 saturated heterocycles. The SMILES string of the molecule is CCN(CCO)c1ccc(NC(=S)Nc2ccc(Cl)cc2Cl)cc1. The van der Waals surface area contributed by atoms with E-state index in [2.05, 4.69) is 22.5 Å². The third-order valence-corrected chi connectivity index (χ3v) is 4.17. The molecule has 2 aromatic carbocycles. The summed E-state index contributed by atoms with van der Waals surface area (Å²) in [4.78, 5) is 2.09. The van der Waals surface area contributed by atoms with Gasteiger partial charge in [-0.3, -0.25) is 0 Å². The molecule has 0 saturated carbocycles. The summed E-state index contributed by atoms with van der Waals surface area (Å²) >= 11 is 17.3. The molecule has 0 aliphatic heterocycles. The summed E-state index contributed by atoms with van der Waals surface area (Å²) < 4.78 is 0. The minimum absolute atomic E-state index is 0.129. The number of aliphatic hydroxyl groups is 1. The molecule has 0 unspecified atom stereocenters. The molecule has 0 aliphatic rings. The lowest BCUT2D eigenvalue weighted by Gasteiger charge is -2.22. The van der Waals surface area contributed by atoms with Crippen LogP contribution in [-0.4, -0.2) is 29.9 Å². The maximum absolute atomic E-state index is 9.08. The average molecular weight is 384 g/mol. The molecule has 0 heterocycles. The van der Waals surface area contributed by atoms with Gasteiger partial charge in [0.1, 0.15) is 0 Å². The number of benzene rings is 2. The highest BCUT2D eigenvalue weighted by molar-refractivity contribution is 7.80. The lowest BCUT2D eigenvalue weighted by molar-refractivity contribution is 0.302. The van der Waals surface area contributed by atoms with Gasteiger partial charge in [0, 0.05) is 29.5 Å². The molecule has 0 fully saturated rings. The van der Waals surface area contributed by atoms with Crippen molar-refractivity contribution in [2.24, 2.45) is 0 Å². The van der Waals surface area contributed by atoms with E-state index in [1.54, 1.807) is 18.2 Å². The van der Waals surface area contributed by atoms with Crippen LogP contribution in [0.4, 0.5) is 17.1 Å². The predicted molar refractivity (Wildman–Crippen MR) is 108 cm³/mol. The van der Waals surface area contributed by atoms with Crippen molar-refractivity contribution in [2.45, 2.75) is 6.92 Å². The highest BCUT2D eigenvalue weighted by atomic mass is 35.5. The number of anilines is 3. The first-order valence-corrected chi connectivity index (χ1v) is 8.69. The summed E-state index contributed by atoms with van der Waals surface area (Å²) in [5, 5.41) is 16.8. The van der Waals surface area contributed by atoms with Crippen LogP contribution < -0.4 is 15.5 Å². The largest absolute Gasteiger partial charge is 0.395 e. The smallest absolute Gasteiger partial charge is 0.175 e. The second-order valence-electron chi connectivity index (χ2n) is 5.05. The van der Waals surface area contributed by atoms with Crippen molar-refractivity contribution in [3.05, 3.63) is 52.5 Å². The standard InChI is InChI=1S/C17H19Cl2N3OS/c1-2-22(9-10-23)14-6-4-13(5-7-14)20-17(24)21-16-8-3-12(18)11-15(16)19/h3-8,11,23H,2,9-10H2,1H3,(H2,20,21,24). The van der Waals surface area contributed by atoms with Crippen molar-refractivity contribution in [1.82, 2.24) is 0 Å². The molecular formula is C17H19Cl2N3OS. The van der Waals surface area contributed by atoms with Gasteiger partial charge in [-0.05, 0) is 61.6 Å². The number of thiocarbonyl (C=S) groups is 1. The number of halogens is 2. The lowest BCUT2D eigenvalue weighted by Crippen LogP contribution is -2.26. The van der Waals surface area contributed by atoms with E-state index in [9.17, 15) is 0 Å². The topological polar surface area (TPSA) is 47.5 Å². The first kappa shape index (κ1) is 18.8. The van der Waals surface area contributed by atoms with E-state index in [0.29, 0.717) is 27.4 Å². The van der Waals surface area contributed by atoms with Gasteiger partial charge in [0.2, 0.25) is 0 Å². The van der Waals surface area contributed by atoms with Crippen LogP contribution in [0, 0.1) is 0 Å². The fourth-order valence-corrected chi connectivity index (χ4v) is 2.91. The Morgan fingerprint density at radius 2 is 1.83 bits per heavy atom. The summed E-state index contributed by atoms with van der Waals surface area (Å²) in [6.45, 7) is 3.63. The van der Waals surface area contributed by atoms with Gasteiger partial charge in [-0.25, -0.2) is 0 Å². The molecule has 3 N–H and O–H groups in total. The number of likely N-dealkylation sites (N-methyl/N-ethyl adjacent to an activating group) is 1. The van der Waals surface area contributed by atoms with Gasteiger partial charge in [0.15, 0.2) is 5.11 Å². The molecule has 0 atom stereocenters. The van der Waals surface area contributed by atoms with Gasteiger partial charge in [0.25, 0.3) is 0 Å². The van der Waals surface area contributed by atoms with Gasteiger partial charge < -0.3 is 20.6 Å². The Labute approximate surface area is 157 Å². The summed E-state index contributed by atoms with van der Waals surface area (Å²) in [5.74, 6) is 0. The molecule has 0 aliphatic carbocycles. The zero-order valence-corrected chi connectivity index (χ0v) is 15.5. The minimum atomic E-state index is 0.129. The monoisotopic (exact) mass is 383 g/mol. The molecule has 2 aromatic rings. The zero-order chi connectivity index (χ0) is 17.5. The van der Waals surface area contributed by atoms with Crippen LogP contribution >= 0.6 is 35.4 Å². The van der Waals surface area contributed by atoms with Gasteiger partial charge in [-0.1, -0.05) is 23.2 Å². The summed E-state index contributed by atoms with van der Waals surface area (Å²) in [7, 11) is 0. The molecule has 2 rings (SSSR count). The van der Waals surface area contributed by atoms with Crippen molar-refractivity contribution >= 4 is 57.6 Å². The van der Waals surface area contributed by atoms with Crippen LogP contribution in [0.25, 0.3) is 0 Å². The Bertz CT molecular complexity index is 695. The summed E-state index contributed by atoms with van der Waals surface area (Å²) in [5.41, 5.74) is 2.61. The number of nitrogens with one attached hydrogen (secondary N) is 2. The average Bonchev–Trinajstić information content (AvgIpc) is 2.56. The zero-order valence-electron chi connectivity index (χ0n) is 13.2. The third-order valence-electron chi connectivity index (χ3n) is 3.42. The summed E-state index contributed by atoms with van der Waals surface area (Å²) in [6, 6.07) is 13.0. The molecule has 0 spiro atoms. The molecule has 0 amide bonds. The molecule has 0 bridgehead atoms. The molecular weight excluding hydrogens is 365 g/mol. The van der Waals surface area contributed by atoms with Crippen molar-refractivity contribution in [1.29, 1.82) is 0 Å². The number of aliphatic hydroxyl groups excluding tert-OH is 1. The highest BCUT2D eigenvalue weighted by Crippen LogP contribution is 2.25. The van der Waals surface area contributed by atoms with Crippen LogP contribution in [0.2, 0.25) is 10.0 Å². The van der Waals surface area contributed by atoms with Crippen LogP contribution in [0.3, 0.4) is 0 Å². The number of rotatable bonds is 6. The molecule has 24 heavy (non-hydrogen) atoms. The Morgan fingerprint density at radius 3 is 2.42 bits per heavy atom. The predicted octanol–water partition coefficient (Wildman–Crippen LogP) is 4.62. The van der Waals surface area contributed by atoms with E-state index < -0.39 is 0 Å². The second kappa shape index (κ2) is 9.08. The fourth-order valence-electron chi connectivity index (χ4n) is 2.22. The number of nitrogens with zero attached hydrogens (tertiary/aromatic N) is 1. The van der Waals surface area contributed by atoms with E-state index >= 15 is 0 Å². The van der Waals surface area contributed by atoms with Crippen LogP contribution in [0.5, 0.6) is 0 Å². The normalized spacial score (nSPS) is 10.3. The summed E-state index contributed by atoms with van der Waals surface area (Å²) in [6.07, 6.45) is 0. The molecule has 7 heteroatoms. The number of hydrogen-bond acceptors (Lipinski definition) is 3. The first-order chi connectivity index (χ1) is 11.5. The van der Waals surface area contributed by atoms with Crippen molar-refractivity contribution in [3.8, 4) is 0 Å². The minimum Gasteiger partial charge on any atom is -0.395 e. The first-order valence-electron chi connectivity index (χ1n) is 7.52. The molecule has 0 radical (unpaired) electrons. The third kappa shape index (κ3) is 5.24. The Kier molecular flexibility index (Phi) is 7.12. The van der Waals surface area contributed by atoms with E-state index in [0.717, 1.165) is 17.9 Å². The Hall–Kier alpha value is -1.53. The second-order valence-corrected chi connectivity index (χ2v) is 6.31. The quantitative estimate of drug-likeness (QED) is 0.635. The van der Waals surface area contributed by atoms with Gasteiger partial charge in [-0.2, -0.15) is 0 Å². The van der Waals surface area contributed by atoms with Crippen LogP contribution in [0.15, 0.2) is 42.5 Å². The van der Waals surface area contributed by atoms with Crippen LogP contribution in [0.1, 0.15) is 6.92 Å². The van der Waals surface area contributed by atoms with E-state index in [1.165, 1.54) is 0 Å².